The minimum atomic E-state index is 0.118. The van der Waals surface area contributed by atoms with Crippen LogP contribution >= 0.6 is 0 Å². The molecule has 4 heterocycles. The van der Waals surface area contributed by atoms with Gasteiger partial charge in [0.1, 0.15) is 16.9 Å². The van der Waals surface area contributed by atoms with Crippen LogP contribution in [0.25, 0.3) is 22.1 Å². The first-order chi connectivity index (χ1) is 18.3. The molecule has 0 saturated heterocycles. The van der Waals surface area contributed by atoms with E-state index in [-0.39, 0.29) is 5.91 Å². The molecule has 0 bridgehead atoms. The number of pyridine rings is 1. The van der Waals surface area contributed by atoms with Crippen LogP contribution in [0.2, 0.25) is 0 Å². The summed E-state index contributed by atoms with van der Waals surface area (Å²) in [5.41, 5.74) is 4.22. The Kier molecular flexibility index (Phi) is 9.22. The Morgan fingerprint density at radius 3 is 2.21 bits per heavy atom. The Balaban J connectivity index is 0.000000625. The first-order valence-electron chi connectivity index (χ1n) is 14.2. The maximum absolute atomic E-state index is 13.6. The predicted molar refractivity (Wildman–Crippen MR) is 157 cm³/mol. The van der Waals surface area contributed by atoms with Crippen molar-refractivity contribution in [2.24, 2.45) is 27.1 Å². The van der Waals surface area contributed by atoms with E-state index < -0.39 is 0 Å². The molecule has 2 saturated carbocycles. The van der Waals surface area contributed by atoms with Crippen LogP contribution in [0, 0.1) is 12.8 Å². The summed E-state index contributed by atoms with van der Waals surface area (Å²) >= 11 is 0. The zero-order chi connectivity index (χ0) is 28.3. The lowest BCUT2D eigenvalue weighted by atomic mass is 10.2. The molecule has 0 aliphatic heterocycles. The smallest absolute Gasteiger partial charge is 0.271 e. The van der Waals surface area contributed by atoms with Crippen molar-refractivity contribution in [3.63, 3.8) is 0 Å². The summed E-state index contributed by atoms with van der Waals surface area (Å²) < 4.78 is 5.74. The van der Waals surface area contributed by atoms with Gasteiger partial charge in [-0.2, -0.15) is 5.10 Å². The second-order valence-corrected chi connectivity index (χ2v) is 9.48. The van der Waals surface area contributed by atoms with E-state index >= 15 is 0 Å². The van der Waals surface area contributed by atoms with E-state index in [4.69, 9.17) is 4.98 Å². The fraction of sp³-hybridized carbons (Fsp3) is 0.586. The van der Waals surface area contributed by atoms with Gasteiger partial charge in [0.25, 0.3) is 5.91 Å². The van der Waals surface area contributed by atoms with Gasteiger partial charge in [0.05, 0.1) is 11.8 Å². The van der Waals surface area contributed by atoms with E-state index in [0.717, 1.165) is 52.8 Å². The lowest BCUT2D eigenvalue weighted by molar-refractivity contribution is 0.0712. The molecule has 1 N–H and O–H groups in total. The van der Waals surface area contributed by atoms with E-state index in [1.165, 1.54) is 0 Å². The van der Waals surface area contributed by atoms with Gasteiger partial charge in [0.2, 0.25) is 0 Å². The molecule has 2 aliphatic rings. The van der Waals surface area contributed by atoms with Gasteiger partial charge in [0.15, 0.2) is 11.6 Å². The molecular formula is C29H46N8O. The van der Waals surface area contributed by atoms with Gasteiger partial charge in [-0.3, -0.25) is 9.48 Å². The number of nitrogens with one attached hydrogen (secondary N) is 1. The quantitative estimate of drug-likeness (QED) is 0.331. The highest BCUT2D eigenvalue weighted by atomic mass is 16.2. The summed E-state index contributed by atoms with van der Waals surface area (Å²) in [5, 5.41) is 8.78. The van der Waals surface area contributed by atoms with Gasteiger partial charge in [-0.15, -0.1) is 0 Å². The number of aryl methyl sites for hydroxylation is 4. The maximum Gasteiger partial charge on any atom is 0.271 e. The fourth-order valence-corrected chi connectivity index (χ4v) is 4.78. The van der Waals surface area contributed by atoms with Crippen molar-refractivity contribution in [1.29, 1.82) is 0 Å². The van der Waals surface area contributed by atoms with Gasteiger partial charge < -0.3 is 19.4 Å². The minimum Gasteiger partial charge on any atom is -0.333 e. The van der Waals surface area contributed by atoms with Crippen LogP contribution in [0.4, 0.5) is 11.6 Å². The third-order valence-corrected chi connectivity index (χ3v) is 7.01. The summed E-state index contributed by atoms with van der Waals surface area (Å²) in [6.07, 6.45) is 5.12. The normalized spacial score (nSPS) is 17.6. The zero-order valence-corrected chi connectivity index (χ0v) is 25.1. The first-order valence-corrected chi connectivity index (χ1v) is 14.2. The van der Waals surface area contributed by atoms with Gasteiger partial charge >= 0.3 is 0 Å². The zero-order valence-electron chi connectivity index (χ0n) is 25.1. The highest BCUT2D eigenvalue weighted by molar-refractivity contribution is 6.10. The number of carbonyl (C=O) groups excluding carboxylic acids is 1. The number of fused-ring (bicyclic) bond motifs is 3. The van der Waals surface area contributed by atoms with E-state index in [2.05, 4.69) is 27.2 Å². The largest absolute Gasteiger partial charge is 0.333 e. The molecule has 0 aromatic carbocycles. The minimum absolute atomic E-state index is 0.118. The van der Waals surface area contributed by atoms with Crippen LogP contribution < -0.4 is 5.32 Å². The molecule has 208 valence electrons. The number of aromatic nitrogens is 6. The molecule has 2 unspecified atom stereocenters. The van der Waals surface area contributed by atoms with Crippen molar-refractivity contribution in [2.45, 2.75) is 86.7 Å². The van der Waals surface area contributed by atoms with Crippen molar-refractivity contribution in [1.82, 2.24) is 33.8 Å². The molecule has 0 radical (unpaired) electrons. The van der Waals surface area contributed by atoms with Gasteiger partial charge in [-0.1, -0.05) is 48.5 Å². The summed E-state index contributed by atoms with van der Waals surface area (Å²) in [4.78, 5) is 25.3. The molecule has 6 rings (SSSR count). The Labute approximate surface area is 227 Å². The first kappa shape index (κ1) is 29.2. The number of amides is 1. The fourth-order valence-electron chi connectivity index (χ4n) is 4.78. The molecule has 2 fully saturated rings. The number of imidazole rings is 1. The molecule has 1 amide bonds. The summed E-state index contributed by atoms with van der Waals surface area (Å²) in [7, 11) is 5.82. The molecule has 4 aromatic rings. The number of hydrogen-bond donors (Lipinski definition) is 1. The van der Waals surface area contributed by atoms with Gasteiger partial charge in [0, 0.05) is 50.4 Å². The standard InChI is InChI=1S/C23H28N8O.3C2H6/c1-12-8-16(12)31(14-6-7-14)23(32)17-10-15-20-19(24-11-28(20)3)21(26-22(15)29(17)4)25-18-9-13(2)30(5)27-18;3*1-2/h9-12,14,16H,6-8H2,1-5H3,(H,25,26,27);3*1-2H3. The van der Waals surface area contributed by atoms with E-state index in [1.807, 2.05) is 95.6 Å². The van der Waals surface area contributed by atoms with Crippen LogP contribution in [0.5, 0.6) is 0 Å². The van der Waals surface area contributed by atoms with Crippen molar-refractivity contribution in [3.8, 4) is 0 Å². The average molecular weight is 523 g/mol. The summed E-state index contributed by atoms with van der Waals surface area (Å²) in [6, 6.07) is 4.74. The molecule has 4 aromatic heterocycles. The number of carbonyl (C=O) groups is 1. The molecule has 9 nitrogen and oxygen atoms in total. The second kappa shape index (κ2) is 12.0. The molecule has 2 aliphatic carbocycles. The second-order valence-electron chi connectivity index (χ2n) is 9.48. The van der Waals surface area contributed by atoms with Crippen LogP contribution in [0.1, 0.15) is 83.9 Å². The van der Waals surface area contributed by atoms with Gasteiger partial charge in [-0.25, -0.2) is 9.97 Å². The number of anilines is 2. The highest BCUT2D eigenvalue weighted by Crippen LogP contribution is 2.43. The van der Waals surface area contributed by atoms with Gasteiger partial charge in [-0.05, 0) is 38.2 Å². The Morgan fingerprint density at radius 2 is 1.68 bits per heavy atom. The van der Waals surface area contributed by atoms with E-state index in [9.17, 15) is 4.79 Å². The third-order valence-electron chi connectivity index (χ3n) is 7.01. The summed E-state index contributed by atoms with van der Waals surface area (Å²) in [6.45, 7) is 16.2. The van der Waals surface area contributed by atoms with Crippen LogP contribution in [-0.4, -0.2) is 51.8 Å². The lowest BCUT2D eigenvalue weighted by Gasteiger charge is -2.23. The van der Waals surface area contributed by atoms with Crippen LogP contribution in [0.3, 0.4) is 0 Å². The molecule has 2 atom stereocenters. The molecule has 38 heavy (non-hydrogen) atoms. The Bertz CT molecular complexity index is 1370. The van der Waals surface area contributed by atoms with E-state index in [0.29, 0.717) is 29.5 Å². The van der Waals surface area contributed by atoms with Crippen molar-refractivity contribution in [2.75, 3.05) is 5.32 Å². The summed E-state index contributed by atoms with van der Waals surface area (Å²) in [5.74, 6) is 2.07. The molecule has 9 heteroatoms. The SMILES string of the molecule is CC.CC.CC.Cc1cc(Nc2nc3c(cc(C(=O)N(C4CC4)C4CC4C)n3C)c3c2ncn3C)nn1C. The number of hydrogen-bond acceptors (Lipinski definition) is 5. The third kappa shape index (κ3) is 5.28. The van der Waals surface area contributed by atoms with E-state index in [1.54, 1.807) is 6.33 Å². The lowest BCUT2D eigenvalue weighted by Crippen LogP contribution is -2.36. The van der Waals surface area contributed by atoms with Crippen molar-refractivity contribution in [3.05, 3.63) is 29.8 Å². The Morgan fingerprint density at radius 1 is 1.05 bits per heavy atom. The number of nitrogens with zero attached hydrogens (tertiary/aromatic N) is 7. The maximum atomic E-state index is 13.6. The van der Waals surface area contributed by atoms with Crippen molar-refractivity contribution >= 4 is 39.6 Å². The predicted octanol–water partition coefficient (Wildman–Crippen LogP) is 6.34. The van der Waals surface area contributed by atoms with Crippen LogP contribution in [0.15, 0.2) is 18.5 Å². The topological polar surface area (TPSA) is 85.8 Å². The molecular weight excluding hydrogens is 476 g/mol. The monoisotopic (exact) mass is 522 g/mol. The number of rotatable bonds is 5. The van der Waals surface area contributed by atoms with Crippen molar-refractivity contribution < 1.29 is 4.79 Å². The Hall–Kier alpha value is -3.36. The molecule has 0 spiro atoms. The van der Waals surface area contributed by atoms with Crippen LogP contribution in [-0.2, 0) is 21.1 Å². The average Bonchev–Trinajstić information content (AvgIpc) is 3.80. The highest BCUT2D eigenvalue weighted by Gasteiger charge is 2.47.